The van der Waals surface area contributed by atoms with E-state index in [4.69, 9.17) is 5.41 Å². The van der Waals surface area contributed by atoms with E-state index in [1.807, 2.05) is 36.4 Å². The zero-order valence-corrected chi connectivity index (χ0v) is 13.1. The highest BCUT2D eigenvalue weighted by molar-refractivity contribution is 6.17. The van der Waals surface area contributed by atoms with E-state index < -0.39 is 0 Å². The lowest BCUT2D eigenvalue weighted by Crippen LogP contribution is -2.14. The summed E-state index contributed by atoms with van der Waals surface area (Å²) >= 11 is 0. The van der Waals surface area contributed by atoms with Crippen molar-refractivity contribution in [3.63, 3.8) is 0 Å². The molecule has 1 saturated carbocycles. The van der Waals surface area contributed by atoms with Gasteiger partial charge in [-0.05, 0) is 42.0 Å². The van der Waals surface area contributed by atoms with Crippen LogP contribution in [0.3, 0.4) is 0 Å². The number of aryl methyl sites for hydroxylation is 2. The van der Waals surface area contributed by atoms with Crippen molar-refractivity contribution in [3.05, 3.63) is 70.8 Å². The first-order chi connectivity index (χ1) is 10.6. The summed E-state index contributed by atoms with van der Waals surface area (Å²) in [5, 5.41) is 8.30. The topological polar surface area (TPSA) is 40.9 Å². The molecule has 0 radical (unpaired) electrons. The van der Waals surface area contributed by atoms with Gasteiger partial charge in [0.05, 0.1) is 5.92 Å². The Morgan fingerprint density at radius 1 is 1.09 bits per heavy atom. The Labute approximate surface area is 131 Å². The number of hydrogen-bond donors (Lipinski definition) is 1. The number of nitrogens with one attached hydrogen (secondary N) is 1. The van der Waals surface area contributed by atoms with Gasteiger partial charge < -0.3 is 5.41 Å². The predicted octanol–water partition coefficient (Wildman–Crippen LogP) is 4.42. The Kier molecular flexibility index (Phi) is 3.93. The average Bonchev–Trinajstić information content (AvgIpc) is 2.83. The van der Waals surface area contributed by atoms with Crippen LogP contribution in [0.15, 0.2) is 48.5 Å². The minimum Gasteiger partial charge on any atom is -0.309 e. The molecule has 0 amide bonds. The van der Waals surface area contributed by atoms with Crippen LogP contribution >= 0.6 is 0 Å². The molecular weight excluding hydrogens is 270 g/mol. The van der Waals surface area contributed by atoms with Crippen molar-refractivity contribution in [1.29, 1.82) is 5.41 Å². The molecule has 0 saturated heterocycles. The summed E-state index contributed by atoms with van der Waals surface area (Å²) in [5.41, 5.74) is 5.07. The molecule has 0 heterocycles. The number of rotatable bonds is 3. The van der Waals surface area contributed by atoms with Gasteiger partial charge in [0, 0.05) is 11.6 Å². The van der Waals surface area contributed by atoms with E-state index >= 15 is 0 Å². The Morgan fingerprint density at radius 2 is 1.82 bits per heavy atom. The van der Waals surface area contributed by atoms with Crippen molar-refractivity contribution >= 4 is 11.5 Å². The van der Waals surface area contributed by atoms with E-state index in [0.717, 1.165) is 17.5 Å². The van der Waals surface area contributed by atoms with Crippen molar-refractivity contribution < 1.29 is 4.79 Å². The van der Waals surface area contributed by atoms with Gasteiger partial charge in [0.15, 0.2) is 5.78 Å². The van der Waals surface area contributed by atoms with Crippen molar-refractivity contribution in [2.24, 2.45) is 0 Å². The minimum absolute atomic E-state index is 0.162. The van der Waals surface area contributed by atoms with Crippen LogP contribution in [-0.4, -0.2) is 11.5 Å². The number of hydrogen-bond acceptors (Lipinski definition) is 2. The van der Waals surface area contributed by atoms with E-state index in [0.29, 0.717) is 12.1 Å². The van der Waals surface area contributed by atoms with Crippen LogP contribution in [0, 0.1) is 12.3 Å². The van der Waals surface area contributed by atoms with Crippen molar-refractivity contribution in [2.75, 3.05) is 0 Å². The number of Topliss-reactive ketones (excluding diaryl/α,β-unsaturated/α-hetero) is 1. The van der Waals surface area contributed by atoms with E-state index in [1.165, 1.54) is 11.1 Å². The van der Waals surface area contributed by atoms with Crippen LogP contribution in [0.4, 0.5) is 0 Å². The molecule has 1 aliphatic rings. The van der Waals surface area contributed by atoms with Crippen LogP contribution in [-0.2, 0) is 11.2 Å². The van der Waals surface area contributed by atoms with Crippen molar-refractivity contribution in [3.8, 4) is 0 Å². The second-order valence-corrected chi connectivity index (χ2v) is 6.07. The maximum Gasteiger partial charge on any atom is 0.153 e. The quantitative estimate of drug-likeness (QED) is 0.893. The van der Waals surface area contributed by atoms with Gasteiger partial charge in [-0.15, -0.1) is 0 Å². The summed E-state index contributed by atoms with van der Waals surface area (Å²) < 4.78 is 0. The second-order valence-electron chi connectivity index (χ2n) is 6.07. The molecule has 1 fully saturated rings. The fourth-order valence-corrected chi connectivity index (χ4v) is 3.44. The lowest BCUT2D eigenvalue weighted by Gasteiger charge is -2.13. The van der Waals surface area contributed by atoms with E-state index in [9.17, 15) is 4.79 Å². The third kappa shape index (κ3) is 2.50. The summed E-state index contributed by atoms with van der Waals surface area (Å²) in [6.07, 6.45) is 1.54. The maximum atomic E-state index is 12.8. The van der Waals surface area contributed by atoms with Crippen molar-refractivity contribution in [2.45, 2.75) is 38.5 Å². The SMILES string of the molecule is CCc1ccc(C2C(=N)CC(c3ccccc3)C2=O)cc1C. The Morgan fingerprint density at radius 3 is 2.45 bits per heavy atom. The average molecular weight is 291 g/mol. The molecule has 2 unspecified atom stereocenters. The lowest BCUT2D eigenvalue weighted by atomic mass is 9.89. The molecule has 2 atom stereocenters. The van der Waals surface area contributed by atoms with Crippen LogP contribution in [0.1, 0.15) is 47.4 Å². The van der Waals surface area contributed by atoms with Gasteiger partial charge in [-0.25, -0.2) is 0 Å². The molecular formula is C20H21NO. The highest BCUT2D eigenvalue weighted by atomic mass is 16.1. The molecule has 0 aliphatic heterocycles. The van der Waals surface area contributed by atoms with Crippen LogP contribution in [0.25, 0.3) is 0 Å². The Bertz CT molecular complexity index is 718. The molecule has 2 aromatic rings. The standard InChI is InChI=1S/C20H21NO/c1-3-14-9-10-16(11-13(14)2)19-18(21)12-17(20(19)22)15-7-5-4-6-8-15/h4-11,17,19,21H,3,12H2,1-2H3. The number of carbonyl (C=O) groups is 1. The molecule has 3 rings (SSSR count). The van der Waals surface area contributed by atoms with Gasteiger partial charge in [0.2, 0.25) is 0 Å². The van der Waals surface area contributed by atoms with Gasteiger partial charge >= 0.3 is 0 Å². The first kappa shape index (κ1) is 14.7. The van der Waals surface area contributed by atoms with Crippen molar-refractivity contribution in [1.82, 2.24) is 0 Å². The van der Waals surface area contributed by atoms with E-state index in [-0.39, 0.29) is 17.6 Å². The van der Waals surface area contributed by atoms with Crippen LogP contribution in [0.5, 0.6) is 0 Å². The van der Waals surface area contributed by atoms with E-state index in [2.05, 4.69) is 26.0 Å². The molecule has 2 aromatic carbocycles. The van der Waals surface area contributed by atoms with Gasteiger partial charge in [0.1, 0.15) is 0 Å². The highest BCUT2D eigenvalue weighted by Crippen LogP contribution is 2.38. The Balaban J connectivity index is 1.94. The summed E-state index contributed by atoms with van der Waals surface area (Å²) in [6, 6.07) is 16.1. The fourth-order valence-electron chi connectivity index (χ4n) is 3.44. The van der Waals surface area contributed by atoms with Gasteiger partial charge in [-0.3, -0.25) is 4.79 Å². The molecule has 2 heteroatoms. The molecule has 22 heavy (non-hydrogen) atoms. The third-order valence-corrected chi connectivity index (χ3v) is 4.68. The van der Waals surface area contributed by atoms with Crippen LogP contribution < -0.4 is 0 Å². The molecule has 0 aromatic heterocycles. The largest absolute Gasteiger partial charge is 0.309 e. The molecule has 0 bridgehead atoms. The second kappa shape index (κ2) is 5.88. The maximum absolute atomic E-state index is 12.8. The smallest absolute Gasteiger partial charge is 0.153 e. The zero-order chi connectivity index (χ0) is 15.7. The fraction of sp³-hybridized carbons (Fsp3) is 0.300. The predicted molar refractivity (Wildman–Crippen MR) is 89.8 cm³/mol. The van der Waals surface area contributed by atoms with E-state index in [1.54, 1.807) is 0 Å². The summed E-state index contributed by atoms with van der Waals surface area (Å²) in [7, 11) is 0. The Hall–Kier alpha value is -2.22. The molecule has 112 valence electrons. The van der Waals surface area contributed by atoms with Gasteiger partial charge in [-0.1, -0.05) is 55.5 Å². The molecule has 2 nitrogen and oxygen atoms in total. The minimum atomic E-state index is -0.366. The zero-order valence-electron chi connectivity index (χ0n) is 13.1. The molecule has 1 aliphatic carbocycles. The monoisotopic (exact) mass is 291 g/mol. The van der Waals surface area contributed by atoms with Gasteiger partial charge in [0.25, 0.3) is 0 Å². The normalized spacial score (nSPS) is 21.4. The van der Waals surface area contributed by atoms with Gasteiger partial charge in [-0.2, -0.15) is 0 Å². The summed E-state index contributed by atoms with van der Waals surface area (Å²) in [4.78, 5) is 12.8. The van der Waals surface area contributed by atoms with Crippen LogP contribution in [0.2, 0.25) is 0 Å². The first-order valence-electron chi connectivity index (χ1n) is 7.87. The number of carbonyl (C=O) groups excluding carboxylic acids is 1. The number of ketones is 1. The highest BCUT2D eigenvalue weighted by Gasteiger charge is 2.40. The summed E-state index contributed by atoms with van der Waals surface area (Å²) in [5.74, 6) is -0.362. The molecule has 1 N–H and O–H groups in total. The first-order valence-corrected chi connectivity index (χ1v) is 7.87. The third-order valence-electron chi connectivity index (χ3n) is 4.68. The molecule has 0 spiro atoms. The lowest BCUT2D eigenvalue weighted by molar-refractivity contribution is -0.119. The summed E-state index contributed by atoms with van der Waals surface area (Å²) in [6.45, 7) is 4.22. The number of benzene rings is 2.